The molecular formula is C18H17N3O3. The Morgan fingerprint density at radius 2 is 1.92 bits per heavy atom. The van der Waals surface area contributed by atoms with E-state index in [1.807, 2.05) is 37.5 Å². The van der Waals surface area contributed by atoms with Gasteiger partial charge in [-0.25, -0.2) is 4.79 Å². The Kier molecular flexibility index (Phi) is 4.29. The van der Waals surface area contributed by atoms with Gasteiger partial charge in [0.2, 0.25) is 5.91 Å². The lowest BCUT2D eigenvalue weighted by atomic mass is 10.0. The van der Waals surface area contributed by atoms with Crippen LogP contribution in [0, 0.1) is 0 Å². The summed E-state index contributed by atoms with van der Waals surface area (Å²) < 4.78 is 1.68. The zero-order valence-electron chi connectivity index (χ0n) is 13.2. The second-order valence-corrected chi connectivity index (χ2v) is 5.62. The van der Waals surface area contributed by atoms with Crippen molar-refractivity contribution in [1.29, 1.82) is 0 Å². The van der Waals surface area contributed by atoms with E-state index < -0.39 is 5.97 Å². The zero-order valence-corrected chi connectivity index (χ0v) is 13.2. The number of aryl methyl sites for hydroxylation is 2. The van der Waals surface area contributed by atoms with Crippen LogP contribution < -0.4 is 5.32 Å². The Labute approximate surface area is 138 Å². The quantitative estimate of drug-likeness (QED) is 0.756. The van der Waals surface area contributed by atoms with E-state index in [0.717, 1.165) is 16.3 Å². The van der Waals surface area contributed by atoms with Crippen molar-refractivity contribution in [3.63, 3.8) is 0 Å². The molecule has 2 aromatic carbocycles. The van der Waals surface area contributed by atoms with Gasteiger partial charge in [-0.15, -0.1) is 0 Å². The summed E-state index contributed by atoms with van der Waals surface area (Å²) in [6.45, 7) is 0. The van der Waals surface area contributed by atoms with Crippen molar-refractivity contribution >= 4 is 28.3 Å². The van der Waals surface area contributed by atoms with E-state index >= 15 is 0 Å². The highest BCUT2D eigenvalue weighted by Crippen LogP contribution is 2.24. The normalized spacial score (nSPS) is 10.7. The number of carbonyl (C=O) groups excluding carboxylic acids is 1. The molecule has 0 radical (unpaired) electrons. The van der Waals surface area contributed by atoms with Gasteiger partial charge in [-0.3, -0.25) is 9.48 Å². The molecule has 24 heavy (non-hydrogen) atoms. The third-order valence-electron chi connectivity index (χ3n) is 3.79. The maximum Gasteiger partial charge on any atom is 0.337 e. The van der Waals surface area contributed by atoms with Gasteiger partial charge in [0.15, 0.2) is 0 Å². The minimum atomic E-state index is -1.07. The number of carboxylic acid groups (broad SMARTS) is 1. The number of nitrogens with one attached hydrogen (secondary N) is 1. The minimum Gasteiger partial charge on any atom is -0.478 e. The summed E-state index contributed by atoms with van der Waals surface area (Å²) >= 11 is 0. The lowest BCUT2D eigenvalue weighted by Gasteiger charge is -2.10. The molecule has 0 unspecified atom stereocenters. The second-order valence-electron chi connectivity index (χ2n) is 5.62. The molecule has 1 heterocycles. The first-order valence-electron chi connectivity index (χ1n) is 7.56. The van der Waals surface area contributed by atoms with Crippen LogP contribution in [0.25, 0.3) is 10.8 Å². The summed E-state index contributed by atoms with van der Waals surface area (Å²) in [5.74, 6) is -1.29. The predicted octanol–water partition coefficient (Wildman–Crippen LogP) is 2.84. The average molecular weight is 323 g/mol. The molecule has 6 nitrogen and oxygen atoms in total. The van der Waals surface area contributed by atoms with Gasteiger partial charge in [0.1, 0.15) is 0 Å². The number of amides is 1. The smallest absolute Gasteiger partial charge is 0.337 e. The van der Waals surface area contributed by atoms with Crippen molar-refractivity contribution in [2.75, 3.05) is 5.32 Å². The Morgan fingerprint density at radius 1 is 1.21 bits per heavy atom. The number of aromatic nitrogens is 2. The van der Waals surface area contributed by atoms with Crippen LogP contribution in [0.5, 0.6) is 0 Å². The Morgan fingerprint density at radius 3 is 2.54 bits per heavy atom. The monoisotopic (exact) mass is 323 g/mol. The van der Waals surface area contributed by atoms with E-state index in [-0.39, 0.29) is 17.9 Å². The molecule has 0 spiro atoms. The maximum atomic E-state index is 12.2. The van der Waals surface area contributed by atoms with E-state index in [2.05, 4.69) is 10.4 Å². The van der Waals surface area contributed by atoms with Gasteiger partial charge in [-0.1, -0.05) is 24.3 Å². The molecule has 2 N–H and O–H groups in total. The topological polar surface area (TPSA) is 84.2 Å². The summed E-state index contributed by atoms with van der Waals surface area (Å²) in [7, 11) is 1.82. The number of hydrogen-bond acceptors (Lipinski definition) is 3. The van der Waals surface area contributed by atoms with Gasteiger partial charge < -0.3 is 10.4 Å². The number of fused-ring (bicyclic) bond motifs is 1. The molecule has 0 aliphatic heterocycles. The molecule has 1 aromatic heterocycles. The fraction of sp³-hybridized carbons (Fsp3) is 0.167. The lowest BCUT2D eigenvalue weighted by molar-refractivity contribution is -0.116. The molecule has 0 saturated heterocycles. The van der Waals surface area contributed by atoms with Crippen LogP contribution in [0.3, 0.4) is 0 Å². The summed E-state index contributed by atoms with van der Waals surface area (Å²) in [5, 5.41) is 17.9. The van der Waals surface area contributed by atoms with Gasteiger partial charge >= 0.3 is 5.97 Å². The number of rotatable bonds is 5. The number of nitrogens with zero attached hydrogens (tertiary/aromatic N) is 2. The summed E-state index contributed by atoms with van der Waals surface area (Å²) in [6, 6.07) is 10.7. The van der Waals surface area contributed by atoms with Crippen LogP contribution in [-0.4, -0.2) is 26.8 Å². The first-order chi connectivity index (χ1) is 11.5. The Bertz CT molecular complexity index is 915. The van der Waals surface area contributed by atoms with Crippen LogP contribution in [0.2, 0.25) is 0 Å². The molecule has 122 valence electrons. The molecule has 0 fully saturated rings. The largest absolute Gasteiger partial charge is 0.478 e. The van der Waals surface area contributed by atoms with E-state index in [1.54, 1.807) is 23.0 Å². The van der Waals surface area contributed by atoms with Crippen molar-refractivity contribution < 1.29 is 14.7 Å². The highest BCUT2D eigenvalue weighted by Gasteiger charge is 2.14. The van der Waals surface area contributed by atoms with E-state index in [9.17, 15) is 14.7 Å². The van der Waals surface area contributed by atoms with Crippen molar-refractivity contribution in [1.82, 2.24) is 9.78 Å². The van der Waals surface area contributed by atoms with Gasteiger partial charge in [-0.05, 0) is 34.9 Å². The minimum absolute atomic E-state index is 0.0865. The third kappa shape index (κ3) is 3.43. The second kappa shape index (κ2) is 6.54. The van der Waals surface area contributed by atoms with Crippen molar-refractivity contribution in [2.45, 2.75) is 12.8 Å². The zero-order chi connectivity index (χ0) is 17.1. The number of anilines is 1. The predicted molar refractivity (Wildman–Crippen MR) is 91.1 cm³/mol. The number of hydrogen-bond donors (Lipinski definition) is 2. The van der Waals surface area contributed by atoms with Gasteiger partial charge in [0.25, 0.3) is 0 Å². The van der Waals surface area contributed by atoms with Gasteiger partial charge in [-0.2, -0.15) is 5.10 Å². The molecule has 0 aliphatic carbocycles. The Hall–Kier alpha value is -3.15. The van der Waals surface area contributed by atoms with Crippen LogP contribution >= 0.6 is 0 Å². The van der Waals surface area contributed by atoms with Crippen molar-refractivity contribution in [2.24, 2.45) is 7.05 Å². The lowest BCUT2D eigenvalue weighted by Crippen LogP contribution is -2.15. The maximum absolute atomic E-state index is 12.2. The Balaban J connectivity index is 1.78. The number of carbonyl (C=O) groups is 2. The van der Waals surface area contributed by atoms with Crippen molar-refractivity contribution in [3.8, 4) is 0 Å². The van der Waals surface area contributed by atoms with E-state index in [4.69, 9.17) is 0 Å². The average Bonchev–Trinajstić information content (AvgIpc) is 2.97. The fourth-order valence-corrected chi connectivity index (χ4v) is 2.59. The summed E-state index contributed by atoms with van der Waals surface area (Å²) in [4.78, 5) is 23.6. The third-order valence-corrected chi connectivity index (χ3v) is 3.79. The molecule has 3 aromatic rings. The molecule has 6 heteroatoms. The summed E-state index contributed by atoms with van der Waals surface area (Å²) in [6.07, 6.45) is 4.38. The number of benzene rings is 2. The number of aromatic carboxylic acids is 1. The van der Waals surface area contributed by atoms with Crippen LogP contribution in [-0.2, 0) is 18.3 Å². The van der Waals surface area contributed by atoms with Crippen LogP contribution in [0.15, 0.2) is 48.8 Å². The molecule has 0 atom stereocenters. The van der Waals surface area contributed by atoms with E-state index in [1.165, 1.54) is 0 Å². The van der Waals surface area contributed by atoms with Gasteiger partial charge in [0.05, 0.1) is 17.4 Å². The first kappa shape index (κ1) is 15.7. The van der Waals surface area contributed by atoms with Gasteiger partial charge in [0, 0.05) is 19.7 Å². The molecule has 3 rings (SSSR count). The molecular weight excluding hydrogens is 306 g/mol. The fourth-order valence-electron chi connectivity index (χ4n) is 2.59. The first-order valence-corrected chi connectivity index (χ1v) is 7.56. The van der Waals surface area contributed by atoms with Crippen LogP contribution in [0.4, 0.5) is 5.69 Å². The molecule has 0 aliphatic rings. The summed E-state index contributed by atoms with van der Waals surface area (Å²) in [5.41, 5.74) is 1.37. The van der Waals surface area contributed by atoms with E-state index in [0.29, 0.717) is 12.1 Å². The van der Waals surface area contributed by atoms with Crippen molar-refractivity contribution in [3.05, 3.63) is 59.9 Å². The standard InChI is InChI=1S/C18H17N3O3/c1-21-11-12(10-19-21)6-7-17(22)20-16-9-14-5-3-2-4-13(14)8-15(16)18(23)24/h2-5,8-11H,6-7H2,1H3,(H,20,22)(H,23,24). The molecule has 0 bridgehead atoms. The molecule has 1 amide bonds. The highest BCUT2D eigenvalue weighted by molar-refractivity contribution is 6.05. The number of carboxylic acids is 1. The SMILES string of the molecule is Cn1cc(CCC(=O)Nc2cc3ccccc3cc2C(=O)O)cn1. The van der Waals surface area contributed by atoms with Crippen LogP contribution in [0.1, 0.15) is 22.3 Å². The highest BCUT2D eigenvalue weighted by atomic mass is 16.4. The molecule has 0 saturated carbocycles.